The first-order valence-corrected chi connectivity index (χ1v) is 5.30. The van der Waals surface area contributed by atoms with Gasteiger partial charge in [-0.1, -0.05) is 22.0 Å². The summed E-state index contributed by atoms with van der Waals surface area (Å²) in [5, 5.41) is 0. The van der Waals surface area contributed by atoms with E-state index >= 15 is 0 Å². The van der Waals surface area contributed by atoms with Gasteiger partial charge in [-0.15, -0.1) is 0 Å². The number of esters is 1. The molecule has 82 valence electrons. The van der Waals surface area contributed by atoms with E-state index in [4.69, 9.17) is 4.42 Å². The van der Waals surface area contributed by atoms with E-state index in [1.807, 2.05) is 24.3 Å². The normalized spacial score (nSPS) is 10.1. The fraction of sp³-hybridized carbons (Fsp3) is 0.0909. The molecular weight excluding hydrogens is 274 g/mol. The standard InChI is InChI=1S/C11H8BrNO3/c1-15-11(14)9-6-16-10(13-9)7-3-2-4-8(12)5-7/h2-6H,1H3. The van der Waals surface area contributed by atoms with Crippen LogP contribution in [0, 0.1) is 0 Å². The molecule has 0 aliphatic rings. The van der Waals surface area contributed by atoms with Crippen molar-refractivity contribution >= 4 is 21.9 Å². The van der Waals surface area contributed by atoms with Crippen molar-refractivity contribution < 1.29 is 13.9 Å². The molecule has 0 N–H and O–H groups in total. The van der Waals surface area contributed by atoms with Crippen molar-refractivity contribution in [3.63, 3.8) is 0 Å². The highest BCUT2D eigenvalue weighted by atomic mass is 79.9. The summed E-state index contributed by atoms with van der Waals surface area (Å²) in [5.74, 6) is -0.119. The van der Waals surface area contributed by atoms with E-state index in [9.17, 15) is 4.79 Å². The average Bonchev–Trinajstić information content (AvgIpc) is 2.77. The number of hydrogen-bond donors (Lipinski definition) is 0. The van der Waals surface area contributed by atoms with Crippen molar-refractivity contribution in [3.05, 3.63) is 40.7 Å². The van der Waals surface area contributed by atoms with Gasteiger partial charge in [0.05, 0.1) is 7.11 Å². The van der Waals surface area contributed by atoms with Crippen LogP contribution in [0.5, 0.6) is 0 Å². The molecule has 1 aromatic carbocycles. The maximum atomic E-state index is 11.2. The van der Waals surface area contributed by atoms with Crippen LogP contribution in [0.1, 0.15) is 10.5 Å². The Morgan fingerprint density at radius 3 is 3.00 bits per heavy atom. The molecule has 16 heavy (non-hydrogen) atoms. The number of halogens is 1. The van der Waals surface area contributed by atoms with Gasteiger partial charge in [0.2, 0.25) is 5.89 Å². The lowest BCUT2D eigenvalue weighted by molar-refractivity contribution is 0.0594. The second-order valence-electron chi connectivity index (χ2n) is 3.04. The van der Waals surface area contributed by atoms with Crippen LogP contribution in [-0.2, 0) is 4.74 Å². The molecule has 1 aromatic heterocycles. The molecule has 4 nitrogen and oxygen atoms in total. The van der Waals surface area contributed by atoms with E-state index in [0.29, 0.717) is 5.89 Å². The highest BCUT2D eigenvalue weighted by molar-refractivity contribution is 9.10. The Morgan fingerprint density at radius 2 is 2.31 bits per heavy atom. The van der Waals surface area contributed by atoms with Crippen molar-refractivity contribution in [1.29, 1.82) is 0 Å². The summed E-state index contributed by atoms with van der Waals surface area (Å²) in [6.07, 6.45) is 1.28. The highest BCUT2D eigenvalue weighted by Crippen LogP contribution is 2.22. The summed E-state index contributed by atoms with van der Waals surface area (Å²) < 4.78 is 10.7. The van der Waals surface area contributed by atoms with Crippen molar-refractivity contribution in [3.8, 4) is 11.5 Å². The number of hydrogen-bond acceptors (Lipinski definition) is 4. The fourth-order valence-electron chi connectivity index (χ4n) is 1.23. The topological polar surface area (TPSA) is 52.3 Å². The van der Waals surface area contributed by atoms with E-state index < -0.39 is 5.97 Å². The molecule has 0 saturated heterocycles. The fourth-order valence-corrected chi connectivity index (χ4v) is 1.63. The van der Waals surface area contributed by atoms with E-state index in [0.717, 1.165) is 10.0 Å². The third kappa shape index (κ3) is 2.14. The smallest absolute Gasteiger partial charge is 0.360 e. The van der Waals surface area contributed by atoms with Gasteiger partial charge in [-0.3, -0.25) is 0 Å². The van der Waals surface area contributed by atoms with Gasteiger partial charge in [0.1, 0.15) is 6.26 Å². The van der Waals surface area contributed by atoms with Crippen LogP contribution in [0.15, 0.2) is 39.4 Å². The lowest BCUT2D eigenvalue weighted by Gasteiger charge is -1.95. The predicted octanol–water partition coefficient (Wildman–Crippen LogP) is 2.89. The van der Waals surface area contributed by atoms with Crippen molar-refractivity contribution in [2.24, 2.45) is 0 Å². The zero-order valence-corrected chi connectivity index (χ0v) is 10.0. The molecule has 0 aliphatic carbocycles. The number of oxazole rings is 1. The van der Waals surface area contributed by atoms with Crippen LogP contribution in [0.3, 0.4) is 0 Å². The zero-order chi connectivity index (χ0) is 11.5. The van der Waals surface area contributed by atoms with Gasteiger partial charge in [-0.2, -0.15) is 0 Å². The molecule has 0 bridgehead atoms. The van der Waals surface area contributed by atoms with Gasteiger partial charge in [0.25, 0.3) is 0 Å². The van der Waals surface area contributed by atoms with Gasteiger partial charge < -0.3 is 9.15 Å². The maximum Gasteiger partial charge on any atom is 0.360 e. The first-order chi connectivity index (χ1) is 7.70. The van der Waals surface area contributed by atoms with Gasteiger partial charge in [-0.25, -0.2) is 9.78 Å². The minimum Gasteiger partial charge on any atom is -0.464 e. The number of ether oxygens (including phenoxy) is 1. The van der Waals surface area contributed by atoms with Crippen LogP contribution in [0.25, 0.3) is 11.5 Å². The van der Waals surface area contributed by atoms with Crippen molar-refractivity contribution in [2.75, 3.05) is 7.11 Å². The SMILES string of the molecule is COC(=O)c1coc(-c2cccc(Br)c2)n1. The van der Waals surface area contributed by atoms with Crippen LogP contribution in [0.4, 0.5) is 0 Å². The number of aromatic nitrogens is 1. The molecule has 0 spiro atoms. The monoisotopic (exact) mass is 281 g/mol. The Morgan fingerprint density at radius 1 is 1.50 bits per heavy atom. The van der Waals surface area contributed by atoms with Crippen LogP contribution < -0.4 is 0 Å². The lowest BCUT2D eigenvalue weighted by Crippen LogP contribution is -2.00. The summed E-state index contributed by atoms with van der Waals surface area (Å²) in [7, 11) is 1.30. The average molecular weight is 282 g/mol. The second kappa shape index (κ2) is 4.49. The van der Waals surface area contributed by atoms with Gasteiger partial charge in [0, 0.05) is 10.0 Å². The second-order valence-corrected chi connectivity index (χ2v) is 3.96. The molecule has 0 unspecified atom stereocenters. The lowest BCUT2D eigenvalue weighted by atomic mass is 10.2. The van der Waals surface area contributed by atoms with Gasteiger partial charge in [-0.05, 0) is 18.2 Å². The molecule has 0 aliphatic heterocycles. The molecule has 5 heteroatoms. The number of carbonyl (C=O) groups excluding carboxylic acids is 1. The number of nitrogens with zero attached hydrogens (tertiary/aromatic N) is 1. The maximum absolute atomic E-state index is 11.2. The molecule has 2 rings (SSSR count). The Bertz CT molecular complexity index is 521. The van der Waals surface area contributed by atoms with Crippen LogP contribution >= 0.6 is 15.9 Å². The van der Waals surface area contributed by atoms with Crippen molar-refractivity contribution in [1.82, 2.24) is 4.98 Å². The van der Waals surface area contributed by atoms with Crippen molar-refractivity contribution in [2.45, 2.75) is 0 Å². The van der Waals surface area contributed by atoms with Gasteiger partial charge in [0.15, 0.2) is 5.69 Å². The number of benzene rings is 1. The minimum atomic E-state index is -0.509. The molecule has 0 fully saturated rings. The third-order valence-electron chi connectivity index (χ3n) is 1.97. The van der Waals surface area contributed by atoms with E-state index in [-0.39, 0.29) is 5.69 Å². The molecule has 2 aromatic rings. The summed E-state index contributed by atoms with van der Waals surface area (Å²) in [6, 6.07) is 7.46. The Kier molecular flexibility index (Phi) is 3.05. The number of methoxy groups -OCH3 is 1. The van der Waals surface area contributed by atoms with Crippen LogP contribution in [-0.4, -0.2) is 18.1 Å². The first-order valence-electron chi connectivity index (χ1n) is 4.50. The van der Waals surface area contributed by atoms with Crippen LogP contribution in [0.2, 0.25) is 0 Å². The van der Waals surface area contributed by atoms with E-state index in [1.165, 1.54) is 13.4 Å². The van der Waals surface area contributed by atoms with Gasteiger partial charge >= 0.3 is 5.97 Å². The molecule has 1 heterocycles. The predicted molar refractivity (Wildman–Crippen MR) is 61.0 cm³/mol. The zero-order valence-electron chi connectivity index (χ0n) is 8.44. The largest absolute Gasteiger partial charge is 0.464 e. The first kappa shape index (κ1) is 10.9. The summed E-state index contributed by atoms with van der Waals surface area (Å²) >= 11 is 3.35. The Labute approximate surface area is 100 Å². The summed E-state index contributed by atoms with van der Waals surface area (Å²) in [4.78, 5) is 15.2. The van der Waals surface area contributed by atoms with E-state index in [1.54, 1.807) is 0 Å². The minimum absolute atomic E-state index is 0.164. The summed E-state index contributed by atoms with van der Waals surface area (Å²) in [6.45, 7) is 0. The molecule has 0 saturated carbocycles. The molecule has 0 radical (unpaired) electrons. The van der Waals surface area contributed by atoms with E-state index in [2.05, 4.69) is 25.7 Å². The number of carbonyl (C=O) groups is 1. The quantitative estimate of drug-likeness (QED) is 0.795. The molecular formula is C11H8BrNO3. The third-order valence-corrected chi connectivity index (χ3v) is 2.46. The molecule has 0 atom stereocenters. The Hall–Kier alpha value is -1.62. The highest BCUT2D eigenvalue weighted by Gasteiger charge is 2.13. The summed E-state index contributed by atoms with van der Waals surface area (Å²) in [5.41, 5.74) is 0.960. The molecule has 0 amide bonds. The Balaban J connectivity index is 2.35. The number of rotatable bonds is 2.